The number of thiazole rings is 1. The minimum absolute atomic E-state index is 0.240. The normalized spacial score (nSPS) is 10.8. The molecule has 0 saturated heterocycles. The van der Waals surface area contributed by atoms with E-state index in [9.17, 15) is 4.39 Å². The zero-order valence-electron chi connectivity index (χ0n) is 11.3. The van der Waals surface area contributed by atoms with E-state index in [-0.39, 0.29) is 5.82 Å². The summed E-state index contributed by atoms with van der Waals surface area (Å²) in [5.41, 5.74) is 8.82. The molecule has 2 N–H and O–H groups in total. The highest BCUT2D eigenvalue weighted by Crippen LogP contribution is 2.36. The van der Waals surface area contributed by atoms with Crippen molar-refractivity contribution in [2.45, 2.75) is 4.90 Å². The first kappa shape index (κ1) is 14.1. The maximum atomic E-state index is 14.1. The van der Waals surface area contributed by atoms with Crippen molar-refractivity contribution in [1.29, 1.82) is 0 Å². The average molecular weight is 316 g/mol. The van der Waals surface area contributed by atoms with Gasteiger partial charge in [-0.3, -0.25) is 0 Å². The number of nitrogens with two attached hydrogens (primary N) is 1. The third-order valence-corrected chi connectivity index (χ3v) is 4.74. The Kier molecular flexibility index (Phi) is 3.94. The van der Waals surface area contributed by atoms with Crippen LogP contribution in [0.5, 0.6) is 0 Å². The van der Waals surface area contributed by atoms with Gasteiger partial charge in [0, 0.05) is 21.5 Å². The van der Waals surface area contributed by atoms with E-state index in [0.717, 1.165) is 16.2 Å². The van der Waals surface area contributed by atoms with Crippen LogP contribution in [0.1, 0.15) is 0 Å². The van der Waals surface area contributed by atoms with Crippen molar-refractivity contribution in [3.05, 3.63) is 53.7 Å². The highest BCUT2D eigenvalue weighted by molar-refractivity contribution is 7.98. The van der Waals surface area contributed by atoms with Gasteiger partial charge in [0.1, 0.15) is 10.8 Å². The van der Waals surface area contributed by atoms with E-state index in [2.05, 4.69) is 4.98 Å². The second kappa shape index (κ2) is 5.87. The van der Waals surface area contributed by atoms with Gasteiger partial charge in [-0.25, -0.2) is 9.37 Å². The molecule has 0 saturated carbocycles. The van der Waals surface area contributed by atoms with E-state index in [0.29, 0.717) is 16.3 Å². The predicted octanol–water partition coefficient (Wildman–Crippen LogP) is 4.92. The molecule has 0 amide bonds. The first-order valence-corrected chi connectivity index (χ1v) is 8.44. The number of aromatic nitrogens is 1. The molecule has 3 aromatic rings. The lowest BCUT2D eigenvalue weighted by Crippen LogP contribution is -1.88. The summed E-state index contributed by atoms with van der Waals surface area (Å²) in [6.45, 7) is 0. The molecule has 106 valence electrons. The highest BCUT2D eigenvalue weighted by atomic mass is 32.2. The quantitative estimate of drug-likeness (QED) is 0.550. The highest BCUT2D eigenvalue weighted by Gasteiger charge is 2.14. The number of anilines is 1. The summed E-state index contributed by atoms with van der Waals surface area (Å²) in [6.07, 6.45) is 1.94. The van der Waals surface area contributed by atoms with Gasteiger partial charge in [0.15, 0.2) is 0 Å². The Morgan fingerprint density at radius 2 is 2.00 bits per heavy atom. The molecule has 0 radical (unpaired) electrons. The molecule has 0 aliphatic rings. The standard InChI is InChI=1S/C16H13FN2S2/c1-20-14-7-3-6-12(17)15(14)16-19-13(9-21-16)10-4-2-5-11(18)8-10/h2-9H,18H2,1H3. The van der Waals surface area contributed by atoms with Crippen LogP contribution in [0, 0.1) is 5.82 Å². The molecule has 0 atom stereocenters. The fourth-order valence-electron chi connectivity index (χ4n) is 2.10. The van der Waals surface area contributed by atoms with Crippen molar-refractivity contribution >= 4 is 28.8 Å². The zero-order valence-corrected chi connectivity index (χ0v) is 13.0. The monoisotopic (exact) mass is 316 g/mol. The minimum atomic E-state index is -0.240. The van der Waals surface area contributed by atoms with Crippen molar-refractivity contribution in [3.63, 3.8) is 0 Å². The van der Waals surface area contributed by atoms with Gasteiger partial charge < -0.3 is 5.73 Å². The lowest BCUT2D eigenvalue weighted by atomic mass is 10.1. The fourth-order valence-corrected chi connectivity index (χ4v) is 3.67. The summed E-state index contributed by atoms with van der Waals surface area (Å²) in [5, 5.41) is 2.62. The summed E-state index contributed by atoms with van der Waals surface area (Å²) in [7, 11) is 0. The fraction of sp³-hybridized carbons (Fsp3) is 0.0625. The molecule has 0 spiro atoms. The van der Waals surface area contributed by atoms with Gasteiger partial charge in [-0.1, -0.05) is 18.2 Å². The second-order valence-corrected chi connectivity index (χ2v) is 6.19. The van der Waals surface area contributed by atoms with Crippen LogP contribution in [0.2, 0.25) is 0 Å². The van der Waals surface area contributed by atoms with Crippen LogP contribution in [0.15, 0.2) is 52.7 Å². The Morgan fingerprint density at radius 1 is 1.19 bits per heavy atom. The smallest absolute Gasteiger partial charge is 0.134 e. The van der Waals surface area contributed by atoms with Crippen molar-refractivity contribution in [2.24, 2.45) is 0 Å². The molecule has 5 heteroatoms. The van der Waals surface area contributed by atoms with Crippen LogP contribution < -0.4 is 5.73 Å². The molecule has 0 bridgehead atoms. The van der Waals surface area contributed by atoms with Crippen molar-refractivity contribution < 1.29 is 4.39 Å². The van der Waals surface area contributed by atoms with Crippen LogP contribution in [0.25, 0.3) is 21.8 Å². The third kappa shape index (κ3) is 2.80. The summed E-state index contributed by atoms with van der Waals surface area (Å²) < 4.78 is 14.1. The van der Waals surface area contributed by atoms with Gasteiger partial charge in [-0.05, 0) is 30.5 Å². The van der Waals surface area contributed by atoms with Crippen LogP contribution >= 0.6 is 23.1 Å². The predicted molar refractivity (Wildman–Crippen MR) is 89.1 cm³/mol. The molecular formula is C16H13FN2S2. The number of rotatable bonds is 3. The van der Waals surface area contributed by atoms with Crippen LogP contribution in [0.3, 0.4) is 0 Å². The van der Waals surface area contributed by atoms with Crippen LogP contribution in [0.4, 0.5) is 10.1 Å². The summed E-state index contributed by atoms with van der Waals surface area (Å²) in [6, 6.07) is 12.6. The number of benzene rings is 2. The molecule has 3 rings (SSSR count). The molecule has 2 nitrogen and oxygen atoms in total. The largest absolute Gasteiger partial charge is 0.399 e. The van der Waals surface area contributed by atoms with Gasteiger partial charge in [0.25, 0.3) is 0 Å². The van der Waals surface area contributed by atoms with E-state index < -0.39 is 0 Å². The van der Waals surface area contributed by atoms with Crippen LogP contribution in [-0.4, -0.2) is 11.2 Å². The lowest BCUT2D eigenvalue weighted by Gasteiger charge is -2.05. The molecule has 21 heavy (non-hydrogen) atoms. The molecule has 0 fully saturated rings. The number of hydrogen-bond acceptors (Lipinski definition) is 4. The summed E-state index contributed by atoms with van der Waals surface area (Å²) in [5.74, 6) is -0.240. The Bertz CT molecular complexity index is 783. The zero-order chi connectivity index (χ0) is 14.8. The maximum Gasteiger partial charge on any atom is 0.134 e. The van der Waals surface area contributed by atoms with Gasteiger partial charge in [0.2, 0.25) is 0 Å². The number of halogens is 1. The van der Waals surface area contributed by atoms with E-state index in [4.69, 9.17) is 5.73 Å². The Balaban J connectivity index is 2.07. The third-order valence-electron chi connectivity index (χ3n) is 3.10. The summed E-state index contributed by atoms with van der Waals surface area (Å²) in [4.78, 5) is 5.46. The molecule has 1 aromatic heterocycles. The SMILES string of the molecule is CSc1cccc(F)c1-c1nc(-c2cccc(N)c2)cs1. The topological polar surface area (TPSA) is 38.9 Å². The first-order valence-electron chi connectivity index (χ1n) is 6.33. The molecule has 0 aliphatic carbocycles. The van der Waals surface area contributed by atoms with Crippen LogP contribution in [-0.2, 0) is 0 Å². The van der Waals surface area contributed by atoms with Gasteiger partial charge >= 0.3 is 0 Å². The van der Waals surface area contributed by atoms with E-state index in [1.54, 1.807) is 6.07 Å². The maximum absolute atomic E-state index is 14.1. The second-order valence-electron chi connectivity index (χ2n) is 4.48. The van der Waals surface area contributed by atoms with E-state index >= 15 is 0 Å². The lowest BCUT2D eigenvalue weighted by molar-refractivity contribution is 0.628. The number of nitrogen functional groups attached to an aromatic ring is 1. The number of nitrogens with zero attached hydrogens (tertiary/aromatic N) is 1. The number of thioether (sulfide) groups is 1. The van der Waals surface area contributed by atoms with E-state index in [1.165, 1.54) is 29.2 Å². The molecule has 0 aliphatic heterocycles. The molecular weight excluding hydrogens is 303 g/mol. The van der Waals surface area contributed by atoms with Crippen molar-refractivity contribution in [3.8, 4) is 21.8 Å². The van der Waals surface area contributed by atoms with Gasteiger partial charge in [0.05, 0.1) is 11.3 Å². The van der Waals surface area contributed by atoms with E-state index in [1.807, 2.05) is 42.0 Å². The molecule has 0 unspecified atom stereocenters. The summed E-state index contributed by atoms with van der Waals surface area (Å²) >= 11 is 2.96. The van der Waals surface area contributed by atoms with Crippen molar-refractivity contribution in [1.82, 2.24) is 4.98 Å². The number of hydrogen-bond donors (Lipinski definition) is 1. The Morgan fingerprint density at radius 3 is 2.76 bits per heavy atom. The Hall–Kier alpha value is -1.85. The van der Waals surface area contributed by atoms with Gasteiger partial charge in [-0.15, -0.1) is 23.1 Å². The Labute approximate surface area is 130 Å². The molecule has 1 heterocycles. The van der Waals surface area contributed by atoms with Gasteiger partial charge in [-0.2, -0.15) is 0 Å². The molecule has 2 aromatic carbocycles. The van der Waals surface area contributed by atoms with Crippen molar-refractivity contribution in [2.75, 3.05) is 12.0 Å². The first-order chi connectivity index (χ1) is 10.2. The average Bonchev–Trinajstić information content (AvgIpc) is 2.96. The minimum Gasteiger partial charge on any atom is -0.399 e.